The SMILES string of the molecule is CCCN(CC1CCNCC1)C1CCCCC1C. The van der Waals surface area contributed by atoms with E-state index in [-0.39, 0.29) is 0 Å². The van der Waals surface area contributed by atoms with Crippen molar-refractivity contribution in [2.45, 2.75) is 64.8 Å². The first kappa shape index (κ1) is 14.3. The Morgan fingerprint density at radius 1 is 1.06 bits per heavy atom. The van der Waals surface area contributed by atoms with Crippen molar-refractivity contribution in [1.29, 1.82) is 0 Å². The summed E-state index contributed by atoms with van der Waals surface area (Å²) >= 11 is 0. The van der Waals surface area contributed by atoms with Gasteiger partial charge in [0.15, 0.2) is 0 Å². The number of nitrogens with one attached hydrogen (secondary N) is 1. The standard InChI is InChI=1S/C16H32N2/c1-3-12-18(13-15-8-10-17-11-9-15)16-7-5-4-6-14(16)2/h14-17H,3-13H2,1-2H3. The lowest BCUT2D eigenvalue weighted by atomic mass is 9.84. The summed E-state index contributed by atoms with van der Waals surface area (Å²) < 4.78 is 0. The summed E-state index contributed by atoms with van der Waals surface area (Å²) in [6, 6.07) is 0.883. The van der Waals surface area contributed by atoms with Gasteiger partial charge in [0.1, 0.15) is 0 Å². The van der Waals surface area contributed by atoms with Gasteiger partial charge in [0.2, 0.25) is 0 Å². The zero-order chi connectivity index (χ0) is 12.8. The molecule has 2 nitrogen and oxygen atoms in total. The van der Waals surface area contributed by atoms with Gasteiger partial charge in [-0.15, -0.1) is 0 Å². The topological polar surface area (TPSA) is 15.3 Å². The summed E-state index contributed by atoms with van der Waals surface area (Å²) in [6.07, 6.45) is 9.92. The molecule has 1 heterocycles. The molecule has 18 heavy (non-hydrogen) atoms. The van der Waals surface area contributed by atoms with Crippen LogP contribution in [0.2, 0.25) is 0 Å². The highest BCUT2D eigenvalue weighted by Crippen LogP contribution is 2.29. The van der Waals surface area contributed by atoms with Gasteiger partial charge in [0.25, 0.3) is 0 Å². The molecule has 0 amide bonds. The van der Waals surface area contributed by atoms with Gasteiger partial charge in [-0.3, -0.25) is 4.90 Å². The van der Waals surface area contributed by atoms with Crippen molar-refractivity contribution < 1.29 is 0 Å². The van der Waals surface area contributed by atoms with Gasteiger partial charge in [-0.25, -0.2) is 0 Å². The number of hydrogen-bond donors (Lipinski definition) is 1. The third-order valence-electron chi connectivity index (χ3n) is 5.00. The Morgan fingerprint density at radius 3 is 2.44 bits per heavy atom. The van der Waals surface area contributed by atoms with Crippen LogP contribution in [0.1, 0.15) is 58.8 Å². The van der Waals surface area contributed by atoms with Crippen LogP contribution in [-0.2, 0) is 0 Å². The van der Waals surface area contributed by atoms with E-state index in [1.807, 2.05) is 0 Å². The molecule has 0 aromatic heterocycles. The number of piperidine rings is 1. The highest BCUT2D eigenvalue weighted by Gasteiger charge is 2.28. The first-order valence-electron chi connectivity index (χ1n) is 8.26. The third kappa shape index (κ3) is 3.96. The van der Waals surface area contributed by atoms with Crippen molar-refractivity contribution in [3.8, 4) is 0 Å². The van der Waals surface area contributed by atoms with E-state index in [0.29, 0.717) is 0 Å². The predicted molar refractivity (Wildman–Crippen MR) is 78.9 cm³/mol. The van der Waals surface area contributed by atoms with Crippen molar-refractivity contribution >= 4 is 0 Å². The molecule has 0 spiro atoms. The van der Waals surface area contributed by atoms with Crippen LogP contribution in [0, 0.1) is 11.8 Å². The second-order valence-corrected chi connectivity index (χ2v) is 6.52. The van der Waals surface area contributed by atoms with E-state index >= 15 is 0 Å². The average Bonchev–Trinajstić information content (AvgIpc) is 2.40. The molecule has 2 unspecified atom stereocenters. The molecule has 0 radical (unpaired) electrons. The summed E-state index contributed by atoms with van der Waals surface area (Å²) in [6.45, 7) is 9.98. The summed E-state index contributed by atoms with van der Waals surface area (Å²) in [5.41, 5.74) is 0. The summed E-state index contributed by atoms with van der Waals surface area (Å²) in [5, 5.41) is 3.49. The smallest absolute Gasteiger partial charge is 0.0121 e. The quantitative estimate of drug-likeness (QED) is 0.808. The number of rotatable bonds is 5. The van der Waals surface area contributed by atoms with Gasteiger partial charge in [0, 0.05) is 12.6 Å². The van der Waals surface area contributed by atoms with E-state index in [1.165, 1.54) is 71.1 Å². The molecular formula is C16H32N2. The number of hydrogen-bond acceptors (Lipinski definition) is 2. The normalized spacial score (nSPS) is 30.8. The van der Waals surface area contributed by atoms with Crippen molar-refractivity contribution in [3.63, 3.8) is 0 Å². The van der Waals surface area contributed by atoms with E-state index in [0.717, 1.165) is 17.9 Å². The van der Waals surface area contributed by atoms with Crippen LogP contribution >= 0.6 is 0 Å². The minimum absolute atomic E-state index is 0.883. The van der Waals surface area contributed by atoms with Crippen LogP contribution in [0.3, 0.4) is 0 Å². The van der Waals surface area contributed by atoms with Crippen LogP contribution in [0.4, 0.5) is 0 Å². The lowest BCUT2D eigenvalue weighted by molar-refractivity contribution is 0.0876. The minimum Gasteiger partial charge on any atom is -0.317 e. The minimum atomic E-state index is 0.883. The maximum Gasteiger partial charge on any atom is 0.0121 e. The van der Waals surface area contributed by atoms with Gasteiger partial charge in [-0.05, 0) is 63.6 Å². The Morgan fingerprint density at radius 2 is 1.78 bits per heavy atom. The lowest BCUT2D eigenvalue weighted by Gasteiger charge is -2.41. The highest BCUT2D eigenvalue weighted by molar-refractivity contribution is 4.83. The molecule has 2 atom stereocenters. The summed E-state index contributed by atoms with van der Waals surface area (Å²) in [4.78, 5) is 2.85. The Labute approximate surface area is 114 Å². The first-order valence-corrected chi connectivity index (χ1v) is 8.26. The first-order chi connectivity index (χ1) is 8.81. The Kier molecular flexibility index (Phi) is 5.97. The second kappa shape index (κ2) is 7.49. The van der Waals surface area contributed by atoms with E-state index in [1.54, 1.807) is 0 Å². The zero-order valence-electron chi connectivity index (χ0n) is 12.5. The van der Waals surface area contributed by atoms with Crippen molar-refractivity contribution in [2.24, 2.45) is 11.8 Å². The molecule has 1 aliphatic heterocycles. The van der Waals surface area contributed by atoms with E-state index in [4.69, 9.17) is 0 Å². The maximum atomic E-state index is 3.49. The Hall–Kier alpha value is -0.0800. The lowest BCUT2D eigenvalue weighted by Crippen LogP contribution is -2.45. The molecule has 0 aromatic carbocycles. The zero-order valence-corrected chi connectivity index (χ0v) is 12.5. The monoisotopic (exact) mass is 252 g/mol. The molecule has 2 rings (SSSR count). The fourth-order valence-corrected chi connectivity index (χ4v) is 3.91. The van der Waals surface area contributed by atoms with Crippen LogP contribution in [0.15, 0.2) is 0 Å². The van der Waals surface area contributed by atoms with Gasteiger partial charge >= 0.3 is 0 Å². The van der Waals surface area contributed by atoms with Crippen molar-refractivity contribution in [1.82, 2.24) is 10.2 Å². The fraction of sp³-hybridized carbons (Fsp3) is 1.00. The van der Waals surface area contributed by atoms with Gasteiger partial charge in [-0.2, -0.15) is 0 Å². The summed E-state index contributed by atoms with van der Waals surface area (Å²) in [5.74, 6) is 1.87. The largest absolute Gasteiger partial charge is 0.317 e. The molecule has 2 aliphatic rings. The second-order valence-electron chi connectivity index (χ2n) is 6.52. The van der Waals surface area contributed by atoms with Crippen molar-refractivity contribution in [2.75, 3.05) is 26.2 Å². The maximum absolute atomic E-state index is 3.49. The molecule has 2 heteroatoms. The molecule has 2 fully saturated rings. The van der Waals surface area contributed by atoms with Gasteiger partial charge in [-0.1, -0.05) is 26.7 Å². The van der Waals surface area contributed by atoms with E-state index < -0.39 is 0 Å². The average molecular weight is 252 g/mol. The molecular weight excluding hydrogens is 220 g/mol. The fourth-order valence-electron chi connectivity index (χ4n) is 3.91. The molecule has 0 bridgehead atoms. The third-order valence-corrected chi connectivity index (χ3v) is 5.00. The molecule has 106 valence electrons. The van der Waals surface area contributed by atoms with Crippen molar-refractivity contribution in [3.05, 3.63) is 0 Å². The Bertz CT molecular complexity index is 223. The molecule has 0 aromatic rings. The summed E-state index contributed by atoms with van der Waals surface area (Å²) in [7, 11) is 0. The predicted octanol–water partition coefficient (Wildman–Crippen LogP) is 3.28. The highest BCUT2D eigenvalue weighted by atomic mass is 15.2. The number of nitrogens with zero attached hydrogens (tertiary/aromatic N) is 1. The van der Waals surface area contributed by atoms with Gasteiger partial charge in [0.05, 0.1) is 0 Å². The van der Waals surface area contributed by atoms with Crippen LogP contribution in [0.5, 0.6) is 0 Å². The van der Waals surface area contributed by atoms with Gasteiger partial charge < -0.3 is 5.32 Å². The van der Waals surface area contributed by atoms with Crippen LogP contribution in [0.25, 0.3) is 0 Å². The van der Waals surface area contributed by atoms with E-state index in [2.05, 4.69) is 24.1 Å². The molecule has 1 N–H and O–H groups in total. The Balaban J connectivity index is 1.88. The molecule has 1 saturated heterocycles. The molecule has 1 saturated carbocycles. The van der Waals surface area contributed by atoms with Crippen LogP contribution in [-0.4, -0.2) is 37.1 Å². The molecule has 1 aliphatic carbocycles. The van der Waals surface area contributed by atoms with Crippen LogP contribution < -0.4 is 5.32 Å². The van der Waals surface area contributed by atoms with E-state index in [9.17, 15) is 0 Å².